The molecule has 0 aromatic rings. The second-order valence-corrected chi connectivity index (χ2v) is 3.64. The number of hydrogen-bond donors (Lipinski definition) is 0. The van der Waals surface area contributed by atoms with Crippen LogP contribution < -0.4 is 0 Å². The van der Waals surface area contributed by atoms with E-state index in [0.29, 0.717) is 0 Å². The average molecular weight is 337 g/mol. The standard InChI is InChI=1S/C4F8.C2HClF4/c5-1(6)2(7,8)4(11,12)3(1,9)10;3-2(6,7)1(4)5/h;1H. The summed E-state index contributed by atoms with van der Waals surface area (Å²) < 4.78 is 136. The normalized spacial score (nSPS) is 26.2. The molecule has 0 atom stereocenters. The molecule has 19 heavy (non-hydrogen) atoms. The lowest BCUT2D eigenvalue weighted by molar-refractivity contribution is -0.506. The first-order valence-corrected chi connectivity index (χ1v) is 4.18. The smallest absolute Gasteiger partial charge is 0.202 e. The summed E-state index contributed by atoms with van der Waals surface area (Å²) in [5.74, 6) is -23.9. The van der Waals surface area contributed by atoms with Gasteiger partial charge in [-0.1, -0.05) is 0 Å². The average Bonchev–Trinajstić information content (AvgIpc) is 2.14. The zero-order valence-electron chi connectivity index (χ0n) is 7.99. The van der Waals surface area contributed by atoms with E-state index in [1.165, 1.54) is 0 Å². The van der Waals surface area contributed by atoms with Gasteiger partial charge in [0.1, 0.15) is 0 Å². The van der Waals surface area contributed by atoms with E-state index in [9.17, 15) is 52.7 Å². The summed E-state index contributed by atoms with van der Waals surface area (Å²) in [6.45, 7) is 0. The molecule has 0 aromatic heterocycles. The number of hydrogen-bond acceptors (Lipinski definition) is 0. The molecule has 0 spiro atoms. The molecule has 0 aromatic carbocycles. The molecule has 0 radical (unpaired) electrons. The van der Waals surface area contributed by atoms with E-state index in [1.807, 2.05) is 0 Å². The molecular formula is C6HClF12. The summed E-state index contributed by atoms with van der Waals surface area (Å²) in [7, 11) is 0. The maximum Gasteiger partial charge on any atom is 0.385 e. The number of halogens is 13. The maximum absolute atomic E-state index is 11.6. The summed E-state index contributed by atoms with van der Waals surface area (Å²) >= 11 is 3.78. The number of alkyl halides is 13. The van der Waals surface area contributed by atoms with E-state index in [1.54, 1.807) is 0 Å². The van der Waals surface area contributed by atoms with Gasteiger partial charge in [0.25, 0.3) is 0 Å². The minimum atomic E-state index is -5.97. The highest BCUT2D eigenvalue weighted by atomic mass is 35.5. The molecular weight excluding hydrogens is 335 g/mol. The van der Waals surface area contributed by atoms with Crippen LogP contribution in [0.25, 0.3) is 0 Å². The van der Waals surface area contributed by atoms with Crippen molar-refractivity contribution in [3.8, 4) is 0 Å². The molecule has 1 rings (SSSR count). The van der Waals surface area contributed by atoms with Crippen molar-refractivity contribution < 1.29 is 52.7 Å². The minimum absolute atomic E-state index is 3.77. The summed E-state index contributed by atoms with van der Waals surface area (Å²) in [4.78, 5) is 0. The molecule has 1 fully saturated rings. The van der Waals surface area contributed by atoms with Crippen molar-refractivity contribution in [1.29, 1.82) is 0 Å². The molecule has 0 bridgehead atoms. The van der Waals surface area contributed by atoms with Gasteiger partial charge < -0.3 is 0 Å². The molecule has 116 valence electrons. The Hall–Kier alpha value is -0.550. The highest BCUT2D eigenvalue weighted by Crippen LogP contribution is 2.69. The van der Waals surface area contributed by atoms with Crippen LogP contribution in [-0.2, 0) is 0 Å². The molecule has 0 heterocycles. The van der Waals surface area contributed by atoms with Crippen LogP contribution in [0.4, 0.5) is 52.7 Å². The summed E-state index contributed by atoms with van der Waals surface area (Å²) in [6.07, 6.45) is -3.77. The van der Waals surface area contributed by atoms with Crippen LogP contribution in [0.5, 0.6) is 0 Å². The second-order valence-electron chi connectivity index (χ2n) is 3.14. The van der Waals surface area contributed by atoms with Crippen LogP contribution in [0.3, 0.4) is 0 Å². The lowest BCUT2D eigenvalue weighted by Gasteiger charge is -2.49. The Morgan fingerprint density at radius 3 is 0.789 bits per heavy atom. The molecule has 1 saturated carbocycles. The van der Waals surface area contributed by atoms with Crippen molar-refractivity contribution in [2.75, 3.05) is 0 Å². The predicted octanol–water partition coefficient (Wildman–Crippen LogP) is 4.62. The fraction of sp³-hybridized carbons (Fsp3) is 1.00. The molecule has 0 aliphatic heterocycles. The van der Waals surface area contributed by atoms with Gasteiger partial charge in [0.15, 0.2) is 0 Å². The Morgan fingerprint density at radius 2 is 0.737 bits per heavy atom. The van der Waals surface area contributed by atoms with Crippen LogP contribution in [0.2, 0.25) is 0 Å². The number of rotatable bonds is 1. The second kappa shape index (κ2) is 4.48. The Balaban J connectivity index is 0.000000399. The lowest BCUT2D eigenvalue weighted by Crippen LogP contribution is -2.82. The largest absolute Gasteiger partial charge is 0.385 e. The first-order chi connectivity index (χ1) is 7.94. The van der Waals surface area contributed by atoms with E-state index >= 15 is 0 Å². The van der Waals surface area contributed by atoms with Crippen molar-refractivity contribution in [3.63, 3.8) is 0 Å². The summed E-state index contributed by atoms with van der Waals surface area (Å²) in [5.41, 5.74) is 0. The third-order valence-corrected chi connectivity index (χ3v) is 1.99. The first-order valence-electron chi connectivity index (χ1n) is 3.80. The maximum atomic E-state index is 11.6. The van der Waals surface area contributed by atoms with E-state index in [-0.39, 0.29) is 0 Å². The van der Waals surface area contributed by atoms with E-state index < -0.39 is 35.5 Å². The third-order valence-electron chi connectivity index (χ3n) is 1.82. The van der Waals surface area contributed by atoms with Crippen molar-refractivity contribution in [2.45, 2.75) is 35.5 Å². The van der Waals surface area contributed by atoms with Gasteiger partial charge in [0, 0.05) is 0 Å². The van der Waals surface area contributed by atoms with Crippen molar-refractivity contribution in [1.82, 2.24) is 0 Å². The minimum Gasteiger partial charge on any atom is -0.202 e. The molecule has 0 nitrogen and oxygen atoms in total. The van der Waals surface area contributed by atoms with E-state index in [2.05, 4.69) is 11.6 Å². The van der Waals surface area contributed by atoms with Gasteiger partial charge in [-0.05, 0) is 11.6 Å². The van der Waals surface area contributed by atoms with Gasteiger partial charge in [-0.3, -0.25) is 0 Å². The molecule has 1 aliphatic rings. The van der Waals surface area contributed by atoms with E-state index in [0.717, 1.165) is 0 Å². The van der Waals surface area contributed by atoms with Crippen LogP contribution in [0, 0.1) is 0 Å². The fourth-order valence-electron chi connectivity index (χ4n) is 0.726. The molecule has 0 N–H and O–H groups in total. The Bertz CT molecular complexity index is 264. The molecule has 0 unspecified atom stereocenters. The Morgan fingerprint density at radius 1 is 0.632 bits per heavy atom. The zero-order chi connectivity index (χ0) is 16.1. The van der Waals surface area contributed by atoms with Crippen LogP contribution in [0.1, 0.15) is 0 Å². The van der Waals surface area contributed by atoms with Gasteiger partial charge in [0.05, 0.1) is 0 Å². The van der Waals surface area contributed by atoms with Gasteiger partial charge in [0.2, 0.25) is 0 Å². The van der Waals surface area contributed by atoms with Gasteiger partial charge >= 0.3 is 35.5 Å². The van der Waals surface area contributed by atoms with Crippen LogP contribution in [0.15, 0.2) is 0 Å². The first kappa shape index (κ1) is 18.4. The zero-order valence-corrected chi connectivity index (χ0v) is 8.75. The quantitative estimate of drug-likeness (QED) is 0.484. The van der Waals surface area contributed by atoms with Gasteiger partial charge in [-0.25, -0.2) is 8.78 Å². The fourth-order valence-corrected chi connectivity index (χ4v) is 0.726. The highest BCUT2D eigenvalue weighted by Gasteiger charge is 3.01. The molecule has 0 amide bonds. The Kier molecular flexibility index (Phi) is 4.35. The molecule has 13 heteroatoms. The summed E-state index contributed by atoms with van der Waals surface area (Å²) in [5, 5.41) is -4.36. The molecule has 1 aliphatic carbocycles. The monoisotopic (exact) mass is 336 g/mol. The highest BCUT2D eigenvalue weighted by molar-refractivity contribution is 6.21. The lowest BCUT2D eigenvalue weighted by atomic mass is 9.80. The SMILES string of the molecule is FC(F)C(F)(F)Cl.FC1(F)C(F)(F)C(F)(F)C1(F)F. The topological polar surface area (TPSA) is 0 Å². The van der Waals surface area contributed by atoms with Crippen LogP contribution in [-0.4, -0.2) is 35.5 Å². The van der Waals surface area contributed by atoms with Gasteiger partial charge in [-0.15, -0.1) is 0 Å². The Labute approximate surface area is 101 Å². The molecule has 0 saturated heterocycles. The predicted molar refractivity (Wildman–Crippen MR) is 36.6 cm³/mol. The van der Waals surface area contributed by atoms with Crippen molar-refractivity contribution in [2.24, 2.45) is 0 Å². The van der Waals surface area contributed by atoms with Crippen molar-refractivity contribution in [3.05, 3.63) is 0 Å². The third kappa shape index (κ3) is 2.42. The van der Waals surface area contributed by atoms with Crippen LogP contribution >= 0.6 is 11.6 Å². The van der Waals surface area contributed by atoms with Gasteiger partial charge in [-0.2, -0.15) is 43.9 Å². The van der Waals surface area contributed by atoms with Crippen molar-refractivity contribution >= 4 is 11.6 Å². The summed E-state index contributed by atoms with van der Waals surface area (Å²) in [6, 6.07) is 0. The van der Waals surface area contributed by atoms with E-state index in [4.69, 9.17) is 0 Å².